The fourth-order valence-corrected chi connectivity index (χ4v) is 1.96. The van der Waals surface area contributed by atoms with Crippen LogP contribution in [0.5, 0.6) is 0 Å². The Hall–Kier alpha value is -2.00. The molecule has 0 radical (unpaired) electrons. The van der Waals surface area contributed by atoms with Crippen LogP contribution in [0.25, 0.3) is 22.6 Å². The van der Waals surface area contributed by atoms with Gasteiger partial charge in [-0.05, 0) is 30.3 Å². The van der Waals surface area contributed by atoms with Gasteiger partial charge < -0.3 is 10.2 Å². The van der Waals surface area contributed by atoms with E-state index in [1.165, 1.54) is 0 Å². The van der Waals surface area contributed by atoms with Crippen molar-refractivity contribution in [3.63, 3.8) is 0 Å². The second kappa shape index (κ2) is 3.79. The Morgan fingerprint density at radius 3 is 2.71 bits per heavy atom. The SMILES string of the molecule is Nc1ccc(-c2nc3ccccc3o2)c(Cl)c1. The van der Waals surface area contributed by atoms with E-state index in [1.54, 1.807) is 12.1 Å². The van der Waals surface area contributed by atoms with Crippen molar-refractivity contribution in [2.24, 2.45) is 0 Å². The van der Waals surface area contributed by atoms with Gasteiger partial charge in [-0.25, -0.2) is 4.98 Å². The molecular formula is C13H9ClN2O. The molecule has 0 aliphatic heterocycles. The maximum absolute atomic E-state index is 6.11. The summed E-state index contributed by atoms with van der Waals surface area (Å²) >= 11 is 6.11. The summed E-state index contributed by atoms with van der Waals surface area (Å²) in [5.74, 6) is 0.510. The van der Waals surface area contributed by atoms with Crippen molar-refractivity contribution in [1.82, 2.24) is 4.98 Å². The average molecular weight is 245 g/mol. The second-order valence-electron chi connectivity index (χ2n) is 3.73. The Bertz CT molecular complexity index is 658. The average Bonchev–Trinajstić information content (AvgIpc) is 2.72. The number of aromatic nitrogens is 1. The predicted octanol–water partition coefficient (Wildman–Crippen LogP) is 3.73. The number of halogens is 1. The van der Waals surface area contributed by atoms with Crippen LogP contribution in [0.15, 0.2) is 46.9 Å². The first-order chi connectivity index (χ1) is 8.24. The van der Waals surface area contributed by atoms with Gasteiger partial charge in [0.05, 0.1) is 10.6 Å². The minimum absolute atomic E-state index is 0.510. The molecule has 0 saturated carbocycles. The van der Waals surface area contributed by atoms with Crippen LogP contribution in [0.4, 0.5) is 5.69 Å². The van der Waals surface area contributed by atoms with Crippen molar-refractivity contribution in [3.8, 4) is 11.5 Å². The van der Waals surface area contributed by atoms with Crippen molar-refractivity contribution in [2.45, 2.75) is 0 Å². The Kier molecular flexibility index (Phi) is 2.27. The number of benzene rings is 2. The molecule has 3 nitrogen and oxygen atoms in total. The molecule has 2 N–H and O–H groups in total. The summed E-state index contributed by atoms with van der Waals surface area (Å²) < 4.78 is 5.64. The number of nitrogens with zero attached hydrogens (tertiary/aromatic N) is 1. The van der Waals surface area contributed by atoms with Crippen LogP contribution in [-0.4, -0.2) is 4.98 Å². The smallest absolute Gasteiger partial charge is 0.228 e. The van der Waals surface area contributed by atoms with Gasteiger partial charge >= 0.3 is 0 Å². The number of hydrogen-bond acceptors (Lipinski definition) is 3. The molecule has 0 spiro atoms. The van der Waals surface area contributed by atoms with E-state index in [1.807, 2.05) is 30.3 Å². The number of oxazole rings is 1. The van der Waals surface area contributed by atoms with Crippen LogP contribution in [-0.2, 0) is 0 Å². The zero-order chi connectivity index (χ0) is 11.8. The lowest BCUT2D eigenvalue weighted by atomic mass is 10.2. The first-order valence-electron chi connectivity index (χ1n) is 5.15. The standard InChI is InChI=1S/C13H9ClN2O/c14-10-7-8(15)5-6-9(10)13-16-11-3-1-2-4-12(11)17-13/h1-7H,15H2. The minimum atomic E-state index is 0.510. The van der Waals surface area contributed by atoms with Gasteiger partial charge in [0.2, 0.25) is 5.89 Å². The van der Waals surface area contributed by atoms with E-state index in [-0.39, 0.29) is 0 Å². The number of fused-ring (bicyclic) bond motifs is 1. The first kappa shape index (κ1) is 10.2. The van der Waals surface area contributed by atoms with E-state index in [9.17, 15) is 0 Å². The lowest BCUT2D eigenvalue weighted by molar-refractivity contribution is 0.620. The third kappa shape index (κ3) is 1.74. The molecule has 17 heavy (non-hydrogen) atoms. The first-order valence-corrected chi connectivity index (χ1v) is 5.53. The summed E-state index contributed by atoms with van der Waals surface area (Å²) in [5, 5.41) is 0.538. The molecule has 0 bridgehead atoms. The Labute approximate surface area is 103 Å². The summed E-state index contributed by atoms with van der Waals surface area (Å²) in [6.45, 7) is 0. The third-order valence-corrected chi connectivity index (χ3v) is 2.83. The maximum Gasteiger partial charge on any atom is 0.228 e. The highest BCUT2D eigenvalue weighted by molar-refractivity contribution is 6.33. The van der Waals surface area contributed by atoms with Gasteiger partial charge in [-0.3, -0.25) is 0 Å². The van der Waals surface area contributed by atoms with Gasteiger partial charge in [-0.1, -0.05) is 23.7 Å². The Morgan fingerprint density at radius 1 is 1.12 bits per heavy atom. The van der Waals surface area contributed by atoms with Gasteiger partial charge in [-0.15, -0.1) is 0 Å². The highest BCUT2D eigenvalue weighted by Crippen LogP contribution is 2.31. The second-order valence-corrected chi connectivity index (χ2v) is 4.13. The summed E-state index contributed by atoms with van der Waals surface area (Å²) in [6, 6.07) is 12.9. The predicted molar refractivity (Wildman–Crippen MR) is 68.9 cm³/mol. The van der Waals surface area contributed by atoms with E-state index in [0.29, 0.717) is 16.6 Å². The quantitative estimate of drug-likeness (QED) is 0.664. The van der Waals surface area contributed by atoms with Gasteiger partial charge in [0.25, 0.3) is 0 Å². The van der Waals surface area contributed by atoms with Crippen molar-refractivity contribution in [2.75, 3.05) is 5.73 Å². The van der Waals surface area contributed by atoms with Crippen molar-refractivity contribution in [3.05, 3.63) is 47.5 Å². The molecule has 0 atom stereocenters. The number of hydrogen-bond donors (Lipinski definition) is 1. The molecule has 3 aromatic rings. The largest absolute Gasteiger partial charge is 0.436 e. The molecule has 3 rings (SSSR count). The normalized spacial score (nSPS) is 10.9. The van der Waals surface area contributed by atoms with Crippen molar-refractivity contribution < 1.29 is 4.42 Å². The molecule has 0 amide bonds. The minimum Gasteiger partial charge on any atom is -0.436 e. The van der Waals surface area contributed by atoms with E-state index in [4.69, 9.17) is 21.8 Å². The van der Waals surface area contributed by atoms with Crippen LogP contribution in [0.1, 0.15) is 0 Å². The van der Waals surface area contributed by atoms with Gasteiger partial charge in [0.1, 0.15) is 5.52 Å². The number of para-hydroxylation sites is 2. The topological polar surface area (TPSA) is 52.0 Å². The van der Waals surface area contributed by atoms with Crippen LogP contribution < -0.4 is 5.73 Å². The number of anilines is 1. The monoisotopic (exact) mass is 244 g/mol. The lowest BCUT2D eigenvalue weighted by Crippen LogP contribution is -1.85. The van der Waals surface area contributed by atoms with E-state index < -0.39 is 0 Å². The van der Waals surface area contributed by atoms with Gasteiger partial charge in [-0.2, -0.15) is 0 Å². The Balaban J connectivity index is 2.20. The van der Waals surface area contributed by atoms with E-state index >= 15 is 0 Å². The highest BCUT2D eigenvalue weighted by atomic mass is 35.5. The van der Waals surface area contributed by atoms with Gasteiger partial charge in [0, 0.05) is 5.69 Å². The summed E-state index contributed by atoms with van der Waals surface area (Å²) in [4.78, 5) is 4.38. The molecule has 1 heterocycles. The van der Waals surface area contributed by atoms with Gasteiger partial charge in [0.15, 0.2) is 5.58 Å². The summed E-state index contributed by atoms with van der Waals surface area (Å²) in [7, 11) is 0. The molecule has 4 heteroatoms. The molecule has 0 aliphatic carbocycles. The molecule has 2 aromatic carbocycles. The van der Waals surface area contributed by atoms with Crippen LogP contribution in [0.2, 0.25) is 5.02 Å². The molecule has 1 aromatic heterocycles. The zero-order valence-electron chi connectivity index (χ0n) is 8.85. The molecule has 84 valence electrons. The molecular weight excluding hydrogens is 236 g/mol. The maximum atomic E-state index is 6.11. The van der Waals surface area contributed by atoms with Crippen LogP contribution >= 0.6 is 11.6 Å². The zero-order valence-corrected chi connectivity index (χ0v) is 9.61. The highest BCUT2D eigenvalue weighted by Gasteiger charge is 2.11. The van der Waals surface area contributed by atoms with Crippen LogP contribution in [0, 0.1) is 0 Å². The number of nitrogens with two attached hydrogens (primary N) is 1. The fourth-order valence-electron chi connectivity index (χ4n) is 1.69. The van der Waals surface area contributed by atoms with Crippen molar-refractivity contribution in [1.29, 1.82) is 0 Å². The number of nitrogen functional groups attached to an aromatic ring is 1. The summed E-state index contributed by atoms with van der Waals surface area (Å²) in [6.07, 6.45) is 0. The van der Waals surface area contributed by atoms with Crippen molar-refractivity contribution >= 4 is 28.4 Å². The Morgan fingerprint density at radius 2 is 1.94 bits per heavy atom. The van der Waals surface area contributed by atoms with E-state index in [0.717, 1.165) is 16.7 Å². The molecule has 0 fully saturated rings. The molecule has 0 saturated heterocycles. The van der Waals surface area contributed by atoms with Crippen LogP contribution in [0.3, 0.4) is 0 Å². The third-order valence-electron chi connectivity index (χ3n) is 2.52. The lowest BCUT2D eigenvalue weighted by Gasteiger charge is -1.99. The fraction of sp³-hybridized carbons (Fsp3) is 0. The van der Waals surface area contributed by atoms with E-state index in [2.05, 4.69) is 4.98 Å². The summed E-state index contributed by atoms with van der Waals surface area (Å²) in [5.41, 5.74) is 8.57. The molecule has 0 aliphatic rings. The number of rotatable bonds is 1. The molecule has 0 unspecified atom stereocenters.